The zero-order valence-corrected chi connectivity index (χ0v) is 18.9. The number of rotatable bonds is 5. The summed E-state index contributed by atoms with van der Waals surface area (Å²) < 4.78 is 19.8. The van der Waals surface area contributed by atoms with E-state index in [2.05, 4.69) is 26.2 Å². The number of para-hydroxylation sites is 1. The number of benzene rings is 2. The van der Waals surface area contributed by atoms with E-state index in [9.17, 15) is 4.79 Å². The molecule has 0 saturated heterocycles. The molecule has 4 aromatic rings. The van der Waals surface area contributed by atoms with Crippen LogP contribution in [0, 0.1) is 6.92 Å². The van der Waals surface area contributed by atoms with Crippen molar-refractivity contribution in [1.29, 1.82) is 0 Å². The van der Waals surface area contributed by atoms with Crippen LogP contribution in [-0.2, 0) is 6.61 Å². The maximum atomic E-state index is 13.0. The van der Waals surface area contributed by atoms with Crippen molar-refractivity contribution in [3.8, 4) is 17.2 Å². The van der Waals surface area contributed by atoms with Crippen molar-refractivity contribution in [1.82, 2.24) is 9.38 Å². The summed E-state index contributed by atoms with van der Waals surface area (Å²) in [6.07, 6.45) is 3.88. The average Bonchev–Trinajstić information content (AvgIpc) is 3.23. The number of fused-ring (bicyclic) bond motifs is 2. The first-order valence-electron chi connectivity index (χ1n) is 10.1. The van der Waals surface area contributed by atoms with Crippen molar-refractivity contribution >= 4 is 33.2 Å². The molecule has 3 heterocycles. The number of hydrogen-bond donors (Lipinski definition) is 1. The van der Waals surface area contributed by atoms with Gasteiger partial charge in [0.05, 0.1) is 16.9 Å². The van der Waals surface area contributed by atoms with E-state index in [1.807, 2.05) is 41.9 Å². The molecular formula is C24H20BrN3O4. The van der Waals surface area contributed by atoms with Gasteiger partial charge >= 0.3 is 0 Å². The van der Waals surface area contributed by atoms with Crippen molar-refractivity contribution in [2.75, 3.05) is 18.5 Å². The van der Waals surface area contributed by atoms with Gasteiger partial charge < -0.3 is 23.9 Å². The SMILES string of the molecule is Cc1cccn2cc(COc3ccccc3C(=O)Nc3cc4c(cc3Br)OCCO4)nc12. The molecule has 0 aliphatic carbocycles. The van der Waals surface area contributed by atoms with E-state index in [0.717, 1.165) is 16.9 Å². The average molecular weight is 494 g/mol. The van der Waals surface area contributed by atoms with E-state index in [4.69, 9.17) is 14.2 Å². The Morgan fingerprint density at radius 1 is 1.16 bits per heavy atom. The van der Waals surface area contributed by atoms with Crippen molar-refractivity contribution < 1.29 is 19.0 Å². The number of anilines is 1. The summed E-state index contributed by atoms with van der Waals surface area (Å²) in [5, 5.41) is 2.92. The van der Waals surface area contributed by atoms with Crippen LogP contribution >= 0.6 is 15.9 Å². The van der Waals surface area contributed by atoms with E-state index < -0.39 is 0 Å². The Balaban J connectivity index is 1.35. The van der Waals surface area contributed by atoms with Gasteiger partial charge in [-0.05, 0) is 46.6 Å². The highest BCUT2D eigenvalue weighted by Gasteiger charge is 2.18. The van der Waals surface area contributed by atoms with Crippen LogP contribution in [0.15, 0.2) is 65.4 Å². The maximum Gasteiger partial charge on any atom is 0.259 e. The number of nitrogens with zero attached hydrogens (tertiary/aromatic N) is 2. The zero-order chi connectivity index (χ0) is 22.1. The van der Waals surface area contributed by atoms with Gasteiger partial charge in [0.2, 0.25) is 0 Å². The summed E-state index contributed by atoms with van der Waals surface area (Å²) in [4.78, 5) is 17.7. The Bertz CT molecular complexity index is 1320. The van der Waals surface area contributed by atoms with Gasteiger partial charge in [-0.2, -0.15) is 0 Å². The molecule has 1 N–H and O–H groups in total. The second-order valence-electron chi connectivity index (χ2n) is 7.37. The van der Waals surface area contributed by atoms with E-state index in [-0.39, 0.29) is 12.5 Å². The number of imidazole rings is 1. The van der Waals surface area contributed by atoms with Gasteiger partial charge in [0, 0.05) is 29.0 Å². The second kappa shape index (κ2) is 8.55. The molecular weight excluding hydrogens is 474 g/mol. The molecule has 0 fully saturated rings. The summed E-state index contributed by atoms with van der Waals surface area (Å²) >= 11 is 3.49. The second-order valence-corrected chi connectivity index (χ2v) is 8.22. The summed E-state index contributed by atoms with van der Waals surface area (Å²) in [5.74, 6) is 1.44. The van der Waals surface area contributed by atoms with Crippen LogP contribution in [0.4, 0.5) is 5.69 Å². The molecule has 8 heteroatoms. The first kappa shape index (κ1) is 20.4. The quantitative estimate of drug-likeness (QED) is 0.423. The van der Waals surface area contributed by atoms with Gasteiger partial charge in [0.15, 0.2) is 11.5 Å². The fourth-order valence-corrected chi connectivity index (χ4v) is 3.98. The molecule has 2 aromatic carbocycles. The number of hydrogen-bond acceptors (Lipinski definition) is 5. The monoisotopic (exact) mass is 493 g/mol. The van der Waals surface area contributed by atoms with Gasteiger partial charge in [0.1, 0.15) is 31.2 Å². The first-order valence-corrected chi connectivity index (χ1v) is 10.9. The van der Waals surface area contributed by atoms with Gasteiger partial charge in [-0.25, -0.2) is 4.98 Å². The number of halogens is 1. The lowest BCUT2D eigenvalue weighted by molar-refractivity contribution is 0.102. The number of nitrogens with one attached hydrogen (secondary N) is 1. The first-order chi connectivity index (χ1) is 15.6. The van der Waals surface area contributed by atoms with E-state index >= 15 is 0 Å². The van der Waals surface area contributed by atoms with E-state index in [1.54, 1.807) is 30.3 Å². The van der Waals surface area contributed by atoms with Crippen LogP contribution < -0.4 is 19.5 Å². The summed E-state index contributed by atoms with van der Waals surface area (Å²) in [6, 6.07) is 14.7. The predicted octanol–water partition coefficient (Wildman–Crippen LogP) is 5.01. The van der Waals surface area contributed by atoms with Crippen molar-refractivity contribution in [2.45, 2.75) is 13.5 Å². The number of carbonyl (C=O) groups is 1. The molecule has 0 unspecified atom stereocenters. The molecule has 0 saturated carbocycles. The van der Waals surface area contributed by atoms with E-state index in [0.29, 0.717) is 46.2 Å². The van der Waals surface area contributed by atoms with Crippen molar-refractivity contribution in [2.24, 2.45) is 0 Å². The minimum atomic E-state index is -0.288. The third-order valence-electron chi connectivity index (χ3n) is 5.12. The van der Waals surface area contributed by atoms with Crippen molar-refractivity contribution in [3.63, 3.8) is 0 Å². The Morgan fingerprint density at radius 3 is 2.75 bits per heavy atom. The molecule has 162 valence electrons. The lowest BCUT2D eigenvalue weighted by Gasteiger charge is -2.20. The smallest absolute Gasteiger partial charge is 0.259 e. The number of aryl methyl sites for hydroxylation is 1. The predicted molar refractivity (Wildman–Crippen MR) is 124 cm³/mol. The third kappa shape index (κ3) is 4.01. The van der Waals surface area contributed by atoms with Crippen LogP contribution in [0.5, 0.6) is 17.2 Å². The van der Waals surface area contributed by atoms with Crippen LogP contribution in [0.2, 0.25) is 0 Å². The summed E-state index contributed by atoms with van der Waals surface area (Å²) in [5.41, 5.74) is 3.77. The molecule has 5 rings (SSSR count). The maximum absolute atomic E-state index is 13.0. The molecule has 2 aromatic heterocycles. The molecule has 0 atom stereocenters. The number of ether oxygens (including phenoxy) is 3. The summed E-state index contributed by atoms with van der Waals surface area (Å²) in [6.45, 7) is 3.24. The van der Waals surface area contributed by atoms with Gasteiger partial charge in [-0.1, -0.05) is 18.2 Å². The molecule has 32 heavy (non-hydrogen) atoms. The largest absolute Gasteiger partial charge is 0.486 e. The van der Waals surface area contributed by atoms with Crippen LogP contribution in [0.3, 0.4) is 0 Å². The Morgan fingerprint density at radius 2 is 1.94 bits per heavy atom. The molecule has 1 aliphatic heterocycles. The van der Waals surface area contributed by atoms with Crippen LogP contribution in [-0.4, -0.2) is 28.5 Å². The molecule has 7 nitrogen and oxygen atoms in total. The molecule has 0 bridgehead atoms. The van der Waals surface area contributed by atoms with Gasteiger partial charge in [-0.15, -0.1) is 0 Å². The minimum absolute atomic E-state index is 0.249. The highest BCUT2D eigenvalue weighted by atomic mass is 79.9. The topological polar surface area (TPSA) is 74.1 Å². The lowest BCUT2D eigenvalue weighted by Crippen LogP contribution is -2.17. The van der Waals surface area contributed by atoms with Gasteiger partial charge in [0.25, 0.3) is 5.91 Å². The fraction of sp³-hybridized carbons (Fsp3) is 0.167. The zero-order valence-electron chi connectivity index (χ0n) is 17.3. The standard InChI is InChI=1S/C24H20BrN3O4/c1-15-5-4-8-28-13-16(26-23(15)28)14-32-20-7-3-2-6-17(20)24(29)27-19-12-22-21(11-18(19)25)30-9-10-31-22/h2-8,11-13H,9-10,14H2,1H3,(H,27,29). The Labute approximate surface area is 193 Å². The number of carbonyl (C=O) groups excluding carboxylic acids is 1. The van der Waals surface area contributed by atoms with E-state index in [1.165, 1.54) is 0 Å². The molecule has 1 aliphatic rings. The number of aromatic nitrogens is 2. The lowest BCUT2D eigenvalue weighted by atomic mass is 10.1. The highest BCUT2D eigenvalue weighted by molar-refractivity contribution is 9.10. The molecule has 0 spiro atoms. The van der Waals surface area contributed by atoms with Gasteiger partial charge in [-0.3, -0.25) is 4.79 Å². The third-order valence-corrected chi connectivity index (χ3v) is 5.77. The number of pyridine rings is 1. The van der Waals surface area contributed by atoms with Crippen molar-refractivity contribution in [3.05, 3.63) is 82.2 Å². The normalized spacial score (nSPS) is 12.6. The molecule has 0 radical (unpaired) electrons. The fourth-order valence-electron chi connectivity index (χ4n) is 3.56. The Kier molecular flexibility index (Phi) is 5.45. The highest BCUT2D eigenvalue weighted by Crippen LogP contribution is 2.38. The minimum Gasteiger partial charge on any atom is -0.486 e. The molecule has 1 amide bonds. The van der Waals surface area contributed by atoms with Crippen LogP contribution in [0.25, 0.3) is 5.65 Å². The number of amides is 1. The van der Waals surface area contributed by atoms with Crippen LogP contribution in [0.1, 0.15) is 21.6 Å². The Hall–Kier alpha value is -3.52. The summed E-state index contributed by atoms with van der Waals surface area (Å²) in [7, 11) is 0.